The number of benzene rings is 2. The monoisotopic (exact) mass is 373 g/mol. The second-order valence-corrected chi connectivity index (χ2v) is 6.39. The van der Waals surface area contributed by atoms with Gasteiger partial charge in [0.2, 0.25) is 5.91 Å². The average molecular weight is 374 g/mol. The van der Waals surface area contributed by atoms with E-state index in [-0.39, 0.29) is 17.5 Å². The van der Waals surface area contributed by atoms with Gasteiger partial charge in [-0.1, -0.05) is 29.3 Å². The largest absolute Gasteiger partial charge is 0.495 e. The number of ether oxygens (including phenoxy) is 1. The van der Waals surface area contributed by atoms with E-state index >= 15 is 0 Å². The lowest BCUT2D eigenvalue weighted by atomic mass is 10.2. The van der Waals surface area contributed by atoms with Gasteiger partial charge in [-0.2, -0.15) is 0 Å². The van der Waals surface area contributed by atoms with E-state index in [2.05, 4.69) is 5.32 Å². The summed E-state index contributed by atoms with van der Waals surface area (Å²) in [6.45, 7) is 0. The summed E-state index contributed by atoms with van der Waals surface area (Å²) >= 11 is 13.2. The molecule has 7 heteroatoms. The number of halogens is 3. The van der Waals surface area contributed by atoms with Crippen molar-refractivity contribution in [2.24, 2.45) is 0 Å². The maximum atomic E-state index is 13.6. The molecule has 0 heterocycles. The average Bonchev–Trinajstić information content (AvgIpc) is 2.50. The molecule has 23 heavy (non-hydrogen) atoms. The summed E-state index contributed by atoms with van der Waals surface area (Å²) < 4.78 is 18.7. The van der Waals surface area contributed by atoms with Crippen LogP contribution in [0.2, 0.25) is 10.0 Å². The van der Waals surface area contributed by atoms with Gasteiger partial charge < -0.3 is 10.1 Å². The molecule has 0 aliphatic heterocycles. The van der Waals surface area contributed by atoms with E-state index in [0.717, 1.165) is 0 Å². The van der Waals surface area contributed by atoms with Crippen molar-refractivity contribution >= 4 is 46.6 Å². The Hall–Kier alpha value is -1.43. The molecule has 1 N–H and O–H groups in total. The zero-order valence-corrected chi connectivity index (χ0v) is 14.6. The fourth-order valence-corrected chi connectivity index (χ4v) is 3.28. The summed E-state index contributed by atoms with van der Waals surface area (Å²) in [5, 5.41) is 3.50. The van der Waals surface area contributed by atoms with Gasteiger partial charge in [-0.15, -0.1) is 11.8 Å². The third-order valence-electron chi connectivity index (χ3n) is 2.98. The molecule has 2 rings (SSSR count). The number of nitrogens with one attached hydrogen (secondary N) is 1. The number of carbonyl (C=O) groups is 1. The zero-order valence-electron chi connectivity index (χ0n) is 12.2. The normalized spacial score (nSPS) is 10.4. The minimum absolute atomic E-state index is 0.175. The Kier molecular flexibility index (Phi) is 6.57. The standard InChI is InChI=1S/C16H14Cl2FNO2S/c1-22-15-6-5-10(7-13(15)18)20-16(21)9-23-8-11-12(17)3-2-4-14(11)19/h2-7H,8-9H2,1H3,(H,20,21). The highest BCUT2D eigenvalue weighted by Gasteiger charge is 2.09. The highest BCUT2D eigenvalue weighted by atomic mass is 35.5. The number of carbonyl (C=O) groups excluding carboxylic acids is 1. The van der Waals surface area contributed by atoms with Crippen molar-refractivity contribution in [2.75, 3.05) is 18.2 Å². The van der Waals surface area contributed by atoms with Crippen LogP contribution in [0.25, 0.3) is 0 Å². The maximum Gasteiger partial charge on any atom is 0.234 e. The lowest BCUT2D eigenvalue weighted by Crippen LogP contribution is -2.14. The molecule has 0 radical (unpaired) electrons. The van der Waals surface area contributed by atoms with Crippen LogP contribution in [0.1, 0.15) is 5.56 Å². The van der Waals surface area contributed by atoms with Crippen LogP contribution in [-0.4, -0.2) is 18.8 Å². The Morgan fingerprint density at radius 2 is 2.04 bits per heavy atom. The van der Waals surface area contributed by atoms with Crippen LogP contribution >= 0.6 is 35.0 Å². The first-order chi connectivity index (χ1) is 11.0. The maximum absolute atomic E-state index is 13.6. The second kappa shape index (κ2) is 8.43. The molecule has 0 aromatic heterocycles. The third-order valence-corrected chi connectivity index (χ3v) is 4.59. The first-order valence-electron chi connectivity index (χ1n) is 6.65. The van der Waals surface area contributed by atoms with Gasteiger partial charge in [-0.05, 0) is 30.3 Å². The molecular weight excluding hydrogens is 360 g/mol. The van der Waals surface area contributed by atoms with E-state index in [0.29, 0.717) is 32.8 Å². The lowest BCUT2D eigenvalue weighted by Gasteiger charge is -2.09. The van der Waals surface area contributed by atoms with Gasteiger partial charge >= 0.3 is 0 Å². The van der Waals surface area contributed by atoms with Gasteiger partial charge in [0.25, 0.3) is 0 Å². The van der Waals surface area contributed by atoms with E-state index in [9.17, 15) is 9.18 Å². The lowest BCUT2D eigenvalue weighted by molar-refractivity contribution is -0.113. The van der Waals surface area contributed by atoms with Crippen LogP contribution < -0.4 is 10.1 Å². The van der Waals surface area contributed by atoms with Gasteiger partial charge in [0, 0.05) is 22.0 Å². The summed E-state index contributed by atoms with van der Waals surface area (Å²) in [5.74, 6) is 0.459. The van der Waals surface area contributed by atoms with Crippen LogP contribution in [0.5, 0.6) is 5.75 Å². The van der Waals surface area contributed by atoms with Crippen LogP contribution in [-0.2, 0) is 10.5 Å². The van der Waals surface area contributed by atoms with Crippen LogP contribution in [0.4, 0.5) is 10.1 Å². The molecule has 0 spiro atoms. The van der Waals surface area contributed by atoms with Crippen molar-refractivity contribution in [1.82, 2.24) is 0 Å². The molecular formula is C16H14Cl2FNO2S. The predicted octanol–water partition coefficient (Wildman–Crippen LogP) is 5.01. The Morgan fingerprint density at radius 3 is 2.70 bits per heavy atom. The minimum Gasteiger partial charge on any atom is -0.495 e. The number of thioether (sulfide) groups is 1. The van der Waals surface area contributed by atoms with Gasteiger partial charge in [0.1, 0.15) is 11.6 Å². The molecule has 122 valence electrons. The van der Waals surface area contributed by atoms with Crippen molar-refractivity contribution in [2.45, 2.75) is 5.75 Å². The van der Waals surface area contributed by atoms with Crippen molar-refractivity contribution in [3.8, 4) is 5.75 Å². The number of rotatable bonds is 6. The number of hydrogen-bond acceptors (Lipinski definition) is 3. The molecule has 0 saturated heterocycles. The minimum atomic E-state index is -0.368. The fourth-order valence-electron chi connectivity index (χ4n) is 1.86. The summed E-state index contributed by atoms with van der Waals surface area (Å²) in [7, 11) is 1.52. The molecule has 0 atom stereocenters. The molecule has 2 aromatic carbocycles. The topological polar surface area (TPSA) is 38.3 Å². The smallest absolute Gasteiger partial charge is 0.234 e. The van der Waals surface area contributed by atoms with Crippen molar-refractivity contribution in [3.63, 3.8) is 0 Å². The zero-order chi connectivity index (χ0) is 16.8. The molecule has 0 aliphatic carbocycles. The Balaban J connectivity index is 1.87. The van der Waals surface area contributed by atoms with Crippen molar-refractivity contribution < 1.29 is 13.9 Å². The highest BCUT2D eigenvalue weighted by Crippen LogP contribution is 2.27. The fraction of sp³-hybridized carbons (Fsp3) is 0.188. The van der Waals surface area contributed by atoms with Crippen LogP contribution in [0, 0.1) is 5.82 Å². The van der Waals surface area contributed by atoms with E-state index in [4.69, 9.17) is 27.9 Å². The third kappa shape index (κ3) is 5.03. The Bertz CT molecular complexity index is 692. The van der Waals surface area contributed by atoms with E-state index in [1.807, 2.05) is 0 Å². The molecule has 1 amide bonds. The number of anilines is 1. The van der Waals surface area contributed by atoms with E-state index in [1.54, 1.807) is 30.3 Å². The summed E-state index contributed by atoms with van der Waals surface area (Å²) in [6, 6.07) is 9.50. The number of amides is 1. The molecule has 0 bridgehead atoms. The Morgan fingerprint density at radius 1 is 1.26 bits per heavy atom. The number of methoxy groups -OCH3 is 1. The summed E-state index contributed by atoms with van der Waals surface area (Å²) in [4.78, 5) is 11.9. The molecule has 3 nitrogen and oxygen atoms in total. The van der Waals surface area contributed by atoms with Gasteiger partial charge in [-0.25, -0.2) is 4.39 Å². The summed E-state index contributed by atoms with van der Waals surface area (Å²) in [6.07, 6.45) is 0. The SMILES string of the molecule is COc1ccc(NC(=O)CSCc2c(F)cccc2Cl)cc1Cl. The first kappa shape index (κ1) is 17.9. The van der Waals surface area contributed by atoms with Crippen molar-refractivity contribution in [3.05, 3.63) is 57.8 Å². The molecule has 0 saturated carbocycles. The quantitative estimate of drug-likeness (QED) is 0.772. The highest BCUT2D eigenvalue weighted by molar-refractivity contribution is 7.99. The Labute approximate surface area is 148 Å². The number of hydrogen-bond donors (Lipinski definition) is 1. The van der Waals surface area contributed by atoms with E-state index < -0.39 is 0 Å². The summed E-state index contributed by atoms with van der Waals surface area (Å²) in [5.41, 5.74) is 0.977. The van der Waals surface area contributed by atoms with Crippen LogP contribution in [0.15, 0.2) is 36.4 Å². The van der Waals surface area contributed by atoms with Gasteiger partial charge in [0.15, 0.2) is 0 Å². The molecule has 0 fully saturated rings. The van der Waals surface area contributed by atoms with Crippen molar-refractivity contribution in [1.29, 1.82) is 0 Å². The first-order valence-corrected chi connectivity index (χ1v) is 8.56. The molecule has 2 aromatic rings. The van der Waals surface area contributed by atoms with Gasteiger partial charge in [0.05, 0.1) is 17.9 Å². The van der Waals surface area contributed by atoms with Gasteiger partial charge in [-0.3, -0.25) is 4.79 Å². The second-order valence-electron chi connectivity index (χ2n) is 4.59. The predicted molar refractivity (Wildman–Crippen MR) is 94.2 cm³/mol. The van der Waals surface area contributed by atoms with E-state index in [1.165, 1.54) is 24.9 Å². The van der Waals surface area contributed by atoms with Crippen LogP contribution in [0.3, 0.4) is 0 Å². The molecule has 0 unspecified atom stereocenters. The molecule has 0 aliphatic rings.